The van der Waals surface area contributed by atoms with Gasteiger partial charge in [-0.1, -0.05) is 45.7 Å². The van der Waals surface area contributed by atoms with Gasteiger partial charge in [0.15, 0.2) is 0 Å². The summed E-state index contributed by atoms with van der Waals surface area (Å²) in [5.74, 6) is 6.28. The third-order valence-corrected chi connectivity index (χ3v) is 5.94. The van der Waals surface area contributed by atoms with E-state index in [1.807, 2.05) is 19.1 Å². The highest BCUT2D eigenvalue weighted by atomic mass is 16.5. The summed E-state index contributed by atoms with van der Waals surface area (Å²) in [6, 6.07) is 10.5. The first-order chi connectivity index (χ1) is 13.7. The summed E-state index contributed by atoms with van der Waals surface area (Å²) in [7, 11) is 0. The van der Waals surface area contributed by atoms with Crippen LogP contribution in [-0.2, 0) is 26.8 Å². The number of carbonyl (C=O) groups is 1. The fourth-order valence-corrected chi connectivity index (χ4v) is 3.93. The fraction of sp³-hybridized carbons (Fsp3) is 0.462. The van der Waals surface area contributed by atoms with Crippen molar-refractivity contribution in [1.29, 1.82) is 0 Å². The van der Waals surface area contributed by atoms with Crippen molar-refractivity contribution < 1.29 is 9.53 Å². The zero-order valence-corrected chi connectivity index (χ0v) is 18.3. The summed E-state index contributed by atoms with van der Waals surface area (Å²) in [4.78, 5) is 15.9. The van der Waals surface area contributed by atoms with Crippen molar-refractivity contribution in [2.45, 2.75) is 71.1 Å². The summed E-state index contributed by atoms with van der Waals surface area (Å²) in [6.07, 6.45) is 5.21. The Morgan fingerprint density at radius 3 is 2.41 bits per heavy atom. The summed E-state index contributed by atoms with van der Waals surface area (Å²) in [5.41, 5.74) is 6.05. The van der Waals surface area contributed by atoms with Crippen molar-refractivity contribution in [2.75, 3.05) is 6.61 Å². The number of hydrogen-bond donors (Lipinski definition) is 0. The van der Waals surface area contributed by atoms with Crippen LogP contribution in [0.5, 0.6) is 0 Å². The van der Waals surface area contributed by atoms with Crippen molar-refractivity contribution in [2.24, 2.45) is 0 Å². The maximum Gasteiger partial charge on any atom is 0.306 e. The highest BCUT2D eigenvalue weighted by Crippen LogP contribution is 2.45. The number of aryl methyl sites for hydroxylation is 1. The molecule has 0 fully saturated rings. The van der Waals surface area contributed by atoms with Crippen LogP contribution in [0.1, 0.15) is 81.8 Å². The predicted octanol–water partition coefficient (Wildman–Crippen LogP) is 5.33. The Kier molecular flexibility index (Phi) is 6.13. The lowest BCUT2D eigenvalue weighted by Crippen LogP contribution is -2.33. The molecule has 0 saturated carbocycles. The van der Waals surface area contributed by atoms with Crippen LogP contribution in [-0.4, -0.2) is 17.6 Å². The first-order valence-electron chi connectivity index (χ1n) is 10.5. The van der Waals surface area contributed by atoms with E-state index >= 15 is 0 Å². The summed E-state index contributed by atoms with van der Waals surface area (Å²) in [5, 5.41) is 0. The van der Waals surface area contributed by atoms with Gasteiger partial charge in [0, 0.05) is 18.2 Å². The molecule has 0 atom stereocenters. The molecule has 1 aromatic carbocycles. The van der Waals surface area contributed by atoms with E-state index in [1.165, 1.54) is 24.0 Å². The van der Waals surface area contributed by atoms with Crippen LogP contribution in [0.3, 0.4) is 0 Å². The molecule has 152 valence electrons. The van der Waals surface area contributed by atoms with E-state index in [9.17, 15) is 4.79 Å². The van der Waals surface area contributed by atoms with E-state index in [-0.39, 0.29) is 16.8 Å². The van der Waals surface area contributed by atoms with Gasteiger partial charge in [0.25, 0.3) is 0 Å². The Hall–Kier alpha value is -2.60. The lowest BCUT2D eigenvalue weighted by molar-refractivity contribution is -0.143. The van der Waals surface area contributed by atoms with Crippen molar-refractivity contribution in [1.82, 2.24) is 4.98 Å². The second kappa shape index (κ2) is 8.41. The molecule has 0 radical (unpaired) electrons. The number of benzene rings is 1. The molecule has 0 N–H and O–H groups in total. The van der Waals surface area contributed by atoms with Crippen LogP contribution >= 0.6 is 0 Å². The molecule has 0 spiro atoms. The van der Waals surface area contributed by atoms with Crippen LogP contribution in [0.2, 0.25) is 0 Å². The molecule has 29 heavy (non-hydrogen) atoms. The smallest absolute Gasteiger partial charge is 0.306 e. The minimum atomic E-state index is -0.171. The number of carbonyl (C=O) groups excluding carboxylic acids is 1. The zero-order valence-electron chi connectivity index (χ0n) is 18.3. The summed E-state index contributed by atoms with van der Waals surface area (Å²) >= 11 is 0. The predicted molar refractivity (Wildman–Crippen MR) is 117 cm³/mol. The van der Waals surface area contributed by atoms with Gasteiger partial charge in [-0.15, -0.1) is 0 Å². The highest BCUT2D eigenvalue weighted by Gasteiger charge is 2.36. The Balaban J connectivity index is 1.74. The molecule has 2 aromatic rings. The van der Waals surface area contributed by atoms with E-state index in [0.717, 1.165) is 16.8 Å². The zero-order chi connectivity index (χ0) is 21.1. The number of fused-ring (bicyclic) bond motifs is 1. The van der Waals surface area contributed by atoms with Crippen molar-refractivity contribution in [3.8, 4) is 11.8 Å². The highest BCUT2D eigenvalue weighted by molar-refractivity contribution is 5.69. The van der Waals surface area contributed by atoms with E-state index in [2.05, 4.69) is 62.7 Å². The van der Waals surface area contributed by atoms with E-state index in [4.69, 9.17) is 4.74 Å². The van der Waals surface area contributed by atoms with E-state index < -0.39 is 0 Å². The molecule has 0 unspecified atom stereocenters. The number of esters is 1. The van der Waals surface area contributed by atoms with Gasteiger partial charge in [-0.2, -0.15) is 0 Å². The summed E-state index contributed by atoms with van der Waals surface area (Å²) in [6.45, 7) is 11.6. The Labute approximate surface area is 174 Å². The van der Waals surface area contributed by atoms with E-state index in [1.54, 1.807) is 6.20 Å². The number of pyridine rings is 1. The quantitative estimate of drug-likeness (QED) is 0.524. The van der Waals surface area contributed by atoms with E-state index in [0.29, 0.717) is 19.4 Å². The number of nitrogens with zero attached hydrogens (tertiary/aromatic N) is 1. The topological polar surface area (TPSA) is 39.2 Å². The molecule has 1 aromatic heterocycles. The van der Waals surface area contributed by atoms with Gasteiger partial charge in [-0.3, -0.25) is 4.79 Å². The first-order valence-corrected chi connectivity index (χ1v) is 10.5. The lowest BCUT2D eigenvalue weighted by atomic mass is 9.63. The van der Waals surface area contributed by atoms with Crippen molar-refractivity contribution >= 4 is 5.97 Å². The molecule has 0 aliphatic heterocycles. The van der Waals surface area contributed by atoms with Crippen LogP contribution < -0.4 is 0 Å². The molecular weight excluding hydrogens is 358 g/mol. The van der Waals surface area contributed by atoms with Gasteiger partial charge in [0.1, 0.15) is 5.69 Å². The summed E-state index contributed by atoms with van der Waals surface area (Å²) < 4.78 is 4.96. The van der Waals surface area contributed by atoms with Crippen LogP contribution in [0, 0.1) is 11.8 Å². The molecule has 3 rings (SSSR count). The van der Waals surface area contributed by atoms with Gasteiger partial charge < -0.3 is 4.74 Å². The molecule has 1 aliphatic carbocycles. The van der Waals surface area contributed by atoms with Crippen molar-refractivity contribution in [3.63, 3.8) is 0 Å². The monoisotopic (exact) mass is 389 g/mol. The number of aromatic nitrogens is 1. The Morgan fingerprint density at radius 1 is 1.03 bits per heavy atom. The SMILES string of the molecule is CCOC(=O)CCc1ccc(C#Cc2ccc3c(c2)C(C)(C)CCC3(C)C)nc1. The normalized spacial score (nSPS) is 16.3. The minimum Gasteiger partial charge on any atom is -0.466 e. The molecule has 0 saturated heterocycles. The maximum atomic E-state index is 11.5. The molecule has 3 nitrogen and oxygen atoms in total. The second-order valence-electron chi connectivity index (χ2n) is 9.13. The van der Waals surface area contributed by atoms with Gasteiger partial charge >= 0.3 is 5.97 Å². The lowest BCUT2D eigenvalue weighted by Gasteiger charge is -2.41. The van der Waals surface area contributed by atoms with Crippen LogP contribution in [0.4, 0.5) is 0 Å². The maximum absolute atomic E-state index is 11.5. The number of ether oxygens (including phenoxy) is 1. The molecule has 0 amide bonds. The van der Waals surface area contributed by atoms with Gasteiger partial charge in [-0.25, -0.2) is 4.98 Å². The van der Waals surface area contributed by atoms with Crippen LogP contribution in [0.15, 0.2) is 36.5 Å². The fourth-order valence-electron chi connectivity index (χ4n) is 3.93. The standard InChI is InChI=1S/C26H31NO2/c1-6-29-24(28)14-10-20-8-12-21(27-18-20)11-7-19-9-13-22-23(17-19)26(4,5)16-15-25(22,2)3/h8-9,12-13,17-18H,6,10,14-16H2,1-5H3. The average Bonchev–Trinajstić information content (AvgIpc) is 2.69. The largest absolute Gasteiger partial charge is 0.466 e. The third kappa shape index (κ3) is 5.07. The molecule has 0 bridgehead atoms. The Morgan fingerprint density at radius 2 is 1.76 bits per heavy atom. The van der Waals surface area contributed by atoms with Crippen LogP contribution in [0.25, 0.3) is 0 Å². The third-order valence-electron chi connectivity index (χ3n) is 5.94. The molecule has 1 aliphatic rings. The first kappa shape index (κ1) is 21.1. The average molecular weight is 390 g/mol. The Bertz CT molecular complexity index is 943. The van der Waals surface area contributed by atoms with Gasteiger partial charge in [-0.05, 0) is 77.8 Å². The van der Waals surface area contributed by atoms with Crippen molar-refractivity contribution in [3.05, 3.63) is 64.5 Å². The minimum absolute atomic E-state index is 0.171. The van der Waals surface area contributed by atoms with Gasteiger partial charge in [0.05, 0.1) is 6.61 Å². The number of hydrogen-bond acceptors (Lipinski definition) is 3. The van der Waals surface area contributed by atoms with Gasteiger partial charge in [0.2, 0.25) is 0 Å². The molecule has 3 heteroatoms. The molecular formula is C26H31NO2. The second-order valence-corrected chi connectivity index (χ2v) is 9.13. The number of rotatable bonds is 4. The molecule has 1 heterocycles.